The molecule has 0 unspecified atom stereocenters. The van der Waals surface area contributed by atoms with E-state index in [2.05, 4.69) is 0 Å². The minimum atomic E-state index is 0.646. The van der Waals surface area contributed by atoms with Crippen LogP contribution in [0.4, 0.5) is 0 Å². The van der Waals surface area contributed by atoms with Crippen LogP contribution in [0.1, 0.15) is 20.7 Å². The predicted octanol–water partition coefficient (Wildman–Crippen LogP) is 2.76. The predicted molar refractivity (Wildman–Crippen MR) is 60.8 cm³/mol. The highest BCUT2D eigenvalue weighted by Crippen LogP contribution is 2.33. The van der Waals surface area contributed by atoms with Gasteiger partial charge in [0.1, 0.15) is 0 Å². The third-order valence-corrected chi connectivity index (χ3v) is 3.66. The van der Waals surface area contributed by atoms with Gasteiger partial charge in [0.05, 0.1) is 0 Å². The smallest absolute Gasteiger partial charge is 0.151 e. The van der Waals surface area contributed by atoms with Crippen LogP contribution in [0.15, 0.2) is 21.9 Å². The first kappa shape index (κ1) is 11.3. The van der Waals surface area contributed by atoms with Crippen LogP contribution in [-0.4, -0.2) is 25.1 Å². The average Bonchev–Trinajstić information content (AvgIpc) is 2.26. The van der Waals surface area contributed by atoms with E-state index in [-0.39, 0.29) is 0 Å². The number of aldehydes is 2. The minimum Gasteiger partial charge on any atom is -0.298 e. The van der Waals surface area contributed by atoms with Gasteiger partial charge in [0, 0.05) is 20.9 Å². The molecule has 0 atom stereocenters. The van der Waals surface area contributed by atoms with E-state index in [0.29, 0.717) is 11.1 Å². The number of rotatable bonds is 4. The Balaban J connectivity index is 3.42. The number of thioether (sulfide) groups is 2. The van der Waals surface area contributed by atoms with Crippen molar-refractivity contribution in [3.8, 4) is 0 Å². The molecule has 0 aliphatic heterocycles. The maximum Gasteiger partial charge on any atom is 0.151 e. The molecule has 4 heteroatoms. The fourth-order valence-electron chi connectivity index (χ4n) is 1.20. The van der Waals surface area contributed by atoms with E-state index in [4.69, 9.17) is 0 Å². The van der Waals surface area contributed by atoms with Crippen LogP contribution in [0.2, 0.25) is 0 Å². The lowest BCUT2D eigenvalue weighted by Gasteiger charge is -2.09. The molecule has 0 saturated carbocycles. The number of hydrogen-bond acceptors (Lipinski definition) is 4. The summed E-state index contributed by atoms with van der Waals surface area (Å²) in [5, 5.41) is 0. The van der Waals surface area contributed by atoms with Crippen molar-refractivity contribution in [1.82, 2.24) is 0 Å². The van der Waals surface area contributed by atoms with Crippen LogP contribution in [0.3, 0.4) is 0 Å². The third kappa shape index (κ3) is 2.01. The maximum atomic E-state index is 10.7. The van der Waals surface area contributed by atoms with Gasteiger partial charge in [-0.05, 0) is 24.6 Å². The molecule has 2 nitrogen and oxygen atoms in total. The molecule has 0 fully saturated rings. The lowest BCUT2D eigenvalue weighted by Crippen LogP contribution is -1.93. The van der Waals surface area contributed by atoms with Crippen LogP contribution < -0.4 is 0 Å². The van der Waals surface area contributed by atoms with Crippen molar-refractivity contribution < 1.29 is 9.59 Å². The van der Waals surface area contributed by atoms with Crippen LogP contribution in [0.5, 0.6) is 0 Å². The van der Waals surface area contributed by atoms with Gasteiger partial charge in [0.15, 0.2) is 12.6 Å². The second-order valence-corrected chi connectivity index (χ2v) is 4.18. The van der Waals surface area contributed by atoms with E-state index in [1.165, 1.54) is 23.5 Å². The van der Waals surface area contributed by atoms with E-state index in [1.54, 1.807) is 12.1 Å². The summed E-state index contributed by atoms with van der Waals surface area (Å²) in [6, 6.07) is 3.37. The zero-order valence-electron chi connectivity index (χ0n) is 7.94. The van der Waals surface area contributed by atoms with E-state index in [1.807, 2.05) is 12.5 Å². The topological polar surface area (TPSA) is 34.1 Å². The summed E-state index contributed by atoms with van der Waals surface area (Å²) in [6.45, 7) is 0. The molecule has 1 rings (SSSR count). The first-order chi connectivity index (χ1) is 6.78. The van der Waals surface area contributed by atoms with E-state index < -0.39 is 0 Å². The number of carbonyl (C=O) groups is 2. The van der Waals surface area contributed by atoms with Gasteiger partial charge in [-0.15, -0.1) is 23.5 Å². The van der Waals surface area contributed by atoms with Gasteiger partial charge in [-0.25, -0.2) is 0 Å². The summed E-state index contributed by atoms with van der Waals surface area (Å²) < 4.78 is 0. The van der Waals surface area contributed by atoms with Crippen molar-refractivity contribution >= 4 is 36.1 Å². The SMILES string of the molecule is CSc1c(C=O)ccc(C=O)c1SC. The van der Waals surface area contributed by atoms with Gasteiger partial charge in [0.25, 0.3) is 0 Å². The number of hydrogen-bond donors (Lipinski definition) is 0. The third-order valence-electron chi connectivity index (χ3n) is 1.84. The van der Waals surface area contributed by atoms with E-state index >= 15 is 0 Å². The highest BCUT2D eigenvalue weighted by Gasteiger charge is 2.10. The first-order valence-electron chi connectivity index (χ1n) is 3.93. The van der Waals surface area contributed by atoms with Crippen molar-refractivity contribution in [2.45, 2.75) is 9.79 Å². The summed E-state index contributed by atoms with van der Waals surface area (Å²) in [4.78, 5) is 23.3. The van der Waals surface area contributed by atoms with Crippen molar-refractivity contribution in [3.63, 3.8) is 0 Å². The zero-order chi connectivity index (χ0) is 10.6. The molecule has 0 aliphatic rings. The zero-order valence-corrected chi connectivity index (χ0v) is 9.58. The van der Waals surface area contributed by atoms with Gasteiger partial charge in [-0.1, -0.05) is 0 Å². The molecule has 74 valence electrons. The molecule has 1 aromatic rings. The Morgan fingerprint density at radius 2 is 1.29 bits per heavy atom. The van der Waals surface area contributed by atoms with Gasteiger partial charge in [-0.2, -0.15) is 0 Å². The average molecular weight is 226 g/mol. The van der Waals surface area contributed by atoms with Crippen LogP contribution >= 0.6 is 23.5 Å². The molecule has 0 radical (unpaired) electrons. The second-order valence-electron chi connectivity index (χ2n) is 2.55. The minimum absolute atomic E-state index is 0.646. The highest BCUT2D eigenvalue weighted by molar-refractivity contribution is 8.01. The quantitative estimate of drug-likeness (QED) is 0.584. The molecule has 0 amide bonds. The number of carbonyl (C=O) groups excluding carboxylic acids is 2. The van der Waals surface area contributed by atoms with Gasteiger partial charge < -0.3 is 0 Å². The Labute approximate surface area is 91.5 Å². The molecule has 0 bridgehead atoms. The van der Waals surface area contributed by atoms with Crippen LogP contribution in [-0.2, 0) is 0 Å². The lowest BCUT2D eigenvalue weighted by molar-refractivity contribution is 0.110. The van der Waals surface area contributed by atoms with E-state index in [9.17, 15) is 9.59 Å². The van der Waals surface area contributed by atoms with Gasteiger partial charge in [0.2, 0.25) is 0 Å². The fraction of sp³-hybridized carbons (Fsp3) is 0.200. The van der Waals surface area contributed by atoms with Crippen LogP contribution in [0.25, 0.3) is 0 Å². The second kappa shape index (κ2) is 5.22. The van der Waals surface area contributed by atoms with Crippen molar-refractivity contribution in [2.24, 2.45) is 0 Å². The summed E-state index contributed by atoms with van der Waals surface area (Å²) >= 11 is 2.98. The van der Waals surface area contributed by atoms with E-state index in [0.717, 1.165) is 22.4 Å². The Morgan fingerprint density at radius 3 is 1.50 bits per heavy atom. The molecular formula is C10H10O2S2. The first-order valence-corrected chi connectivity index (χ1v) is 6.38. The normalized spacial score (nSPS) is 9.86. The maximum absolute atomic E-state index is 10.7. The molecule has 0 aromatic heterocycles. The monoisotopic (exact) mass is 226 g/mol. The summed E-state index contributed by atoms with van der Waals surface area (Å²) in [5.74, 6) is 0. The molecule has 0 spiro atoms. The summed E-state index contributed by atoms with van der Waals surface area (Å²) in [5.41, 5.74) is 1.29. The van der Waals surface area contributed by atoms with Crippen molar-refractivity contribution in [2.75, 3.05) is 12.5 Å². The molecule has 0 N–H and O–H groups in total. The molecule has 0 aliphatic carbocycles. The molecule has 1 aromatic carbocycles. The summed E-state index contributed by atoms with van der Waals surface area (Å²) in [7, 11) is 0. The van der Waals surface area contributed by atoms with Crippen molar-refractivity contribution in [3.05, 3.63) is 23.3 Å². The van der Waals surface area contributed by atoms with Crippen LogP contribution in [0, 0.1) is 0 Å². The van der Waals surface area contributed by atoms with Gasteiger partial charge >= 0.3 is 0 Å². The Hall–Kier alpha value is -0.740. The van der Waals surface area contributed by atoms with Crippen molar-refractivity contribution in [1.29, 1.82) is 0 Å². The Kier molecular flexibility index (Phi) is 4.22. The Bertz CT molecular complexity index is 326. The molecular weight excluding hydrogens is 216 g/mol. The highest BCUT2D eigenvalue weighted by atomic mass is 32.2. The lowest BCUT2D eigenvalue weighted by atomic mass is 10.1. The molecule has 14 heavy (non-hydrogen) atoms. The molecule has 0 heterocycles. The summed E-state index contributed by atoms with van der Waals surface area (Å²) in [6.07, 6.45) is 5.44. The standard InChI is InChI=1S/C10H10O2S2/c1-13-9-7(5-11)3-4-8(6-12)10(9)14-2/h3-6H,1-2H3. The Morgan fingerprint density at radius 1 is 0.929 bits per heavy atom. The largest absolute Gasteiger partial charge is 0.298 e. The molecule has 0 saturated heterocycles. The van der Waals surface area contributed by atoms with Gasteiger partial charge in [-0.3, -0.25) is 9.59 Å². The number of benzene rings is 1. The fourth-order valence-corrected chi connectivity index (χ4v) is 3.01.